The van der Waals surface area contributed by atoms with Crippen molar-refractivity contribution in [3.63, 3.8) is 0 Å². The second-order valence-electron chi connectivity index (χ2n) is 2.73. The van der Waals surface area contributed by atoms with Crippen LogP contribution in [0.3, 0.4) is 0 Å². The fourth-order valence-electron chi connectivity index (χ4n) is 1.24. The summed E-state index contributed by atoms with van der Waals surface area (Å²) in [5.41, 5.74) is 2.07. The number of benzene rings is 1. The summed E-state index contributed by atoms with van der Waals surface area (Å²) in [6.45, 7) is -0.00725. The Balaban J connectivity index is 2.49. The van der Waals surface area contributed by atoms with Gasteiger partial charge in [0.25, 0.3) is 0 Å². The molecule has 0 radical (unpaired) electrons. The van der Waals surface area contributed by atoms with Gasteiger partial charge in [-0.25, -0.2) is 9.87 Å². The summed E-state index contributed by atoms with van der Waals surface area (Å²) in [5, 5.41) is 8.33. The van der Waals surface area contributed by atoms with Crippen molar-refractivity contribution < 1.29 is 19.1 Å². The molecule has 0 atom stereocenters. The SMILES string of the molecule is ONCc1cc2c(c(Cl)c1F)OCO2. The number of ether oxygens (including phenoxy) is 2. The molecule has 14 heavy (non-hydrogen) atoms. The zero-order chi connectivity index (χ0) is 10.1. The molecule has 6 heteroatoms. The van der Waals surface area contributed by atoms with Crippen molar-refractivity contribution in [2.45, 2.75) is 6.54 Å². The van der Waals surface area contributed by atoms with Crippen molar-refractivity contribution in [2.75, 3.05) is 6.79 Å². The third-order valence-corrected chi connectivity index (χ3v) is 2.23. The Bertz CT molecular complexity index is 372. The molecule has 76 valence electrons. The second kappa shape index (κ2) is 3.61. The number of halogens is 2. The Kier molecular flexibility index (Phi) is 2.45. The van der Waals surface area contributed by atoms with Crippen molar-refractivity contribution in [1.29, 1.82) is 0 Å². The average molecular weight is 220 g/mol. The van der Waals surface area contributed by atoms with E-state index < -0.39 is 5.82 Å². The molecule has 0 fully saturated rings. The van der Waals surface area contributed by atoms with Crippen LogP contribution in [0.15, 0.2) is 6.07 Å². The molecule has 0 saturated heterocycles. The largest absolute Gasteiger partial charge is 0.454 e. The van der Waals surface area contributed by atoms with Gasteiger partial charge in [0.05, 0.1) is 0 Å². The van der Waals surface area contributed by atoms with Crippen molar-refractivity contribution in [3.8, 4) is 11.5 Å². The highest BCUT2D eigenvalue weighted by atomic mass is 35.5. The molecule has 0 spiro atoms. The highest BCUT2D eigenvalue weighted by Crippen LogP contribution is 2.41. The van der Waals surface area contributed by atoms with Gasteiger partial charge in [0.2, 0.25) is 6.79 Å². The van der Waals surface area contributed by atoms with E-state index in [1.807, 2.05) is 5.48 Å². The molecule has 0 aromatic heterocycles. The van der Waals surface area contributed by atoms with E-state index in [0.29, 0.717) is 5.75 Å². The monoisotopic (exact) mass is 219 g/mol. The van der Waals surface area contributed by atoms with Crippen molar-refractivity contribution in [1.82, 2.24) is 5.48 Å². The van der Waals surface area contributed by atoms with E-state index in [4.69, 9.17) is 26.3 Å². The number of fused-ring (bicyclic) bond motifs is 1. The highest BCUT2D eigenvalue weighted by molar-refractivity contribution is 6.32. The summed E-state index contributed by atoms with van der Waals surface area (Å²) in [6, 6.07) is 1.44. The number of rotatable bonds is 2. The summed E-state index contributed by atoms with van der Waals surface area (Å²) >= 11 is 5.69. The minimum Gasteiger partial charge on any atom is -0.454 e. The third kappa shape index (κ3) is 1.39. The molecule has 1 aromatic carbocycles. The van der Waals surface area contributed by atoms with Gasteiger partial charge in [0, 0.05) is 12.1 Å². The zero-order valence-corrected chi connectivity index (χ0v) is 7.77. The van der Waals surface area contributed by atoms with Crippen LogP contribution in [-0.4, -0.2) is 12.0 Å². The van der Waals surface area contributed by atoms with Crippen LogP contribution in [-0.2, 0) is 6.54 Å². The maximum atomic E-state index is 13.4. The van der Waals surface area contributed by atoms with Gasteiger partial charge in [-0.3, -0.25) is 0 Å². The predicted molar refractivity (Wildman–Crippen MR) is 46.2 cm³/mol. The zero-order valence-electron chi connectivity index (χ0n) is 7.01. The molecule has 0 saturated carbocycles. The second-order valence-corrected chi connectivity index (χ2v) is 3.11. The Morgan fingerprint density at radius 2 is 2.36 bits per heavy atom. The van der Waals surface area contributed by atoms with Gasteiger partial charge in [-0.05, 0) is 6.07 Å². The minimum atomic E-state index is -0.613. The fraction of sp³-hybridized carbons (Fsp3) is 0.250. The fourth-order valence-corrected chi connectivity index (χ4v) is 1.51. The molecule has 0 aliphatic carbocycles. The summed E-state index contributed by atoms with van der Waals surface area (Å²) < 4.78 is 23.4. The van der Waals surface area contributed by atoms with E-state index >= 15 is 0 Å². The molecule has 4 nitrogen and oxygen atoms in total. The van der Waals surface area contributed by atoms with Crippen molar-refractivity contribution in [2.24, 2.45) is 0 Å². The van der Waals surface area contributed by atoms with Gasteiger partial charge in [-0.15, -0.1) is 0 Å². The smallest absolute Gasteiger partial charge is 0.231 e. The first-order chi connectivity index (χ1) is 6.74. The van der Waals surface area contributed by atoms with Gasteiger partial charge in [0.1, 0.15) is 10.8 Å². The van der Waals surface area contributed by atoms with Gasteiger partial charge in [-0.1, -0.05) is 11.6 Å². The Morgan fingerprint density at radius 1 is 1.57 bits per heavy atom. The molecular weight excluding hydrogens is 213 g/mol. The van der Waals surface area contributed by atoms with E-state index in [2.05, 4.69) is 0 Å². The molecule has 1 aliphatic heterocycles. The van der Waals surface area contributed by atoms with Crippen LogP contribution < -0.4 is 15.0 Å². The molecule has 1 aliphatic rings. The molecule has 0 amide bonds. The first-order valence-electron chi connectivity index (χ1n) is 3.87. The molecule has 0 unspecified atom stereocenters. The number of hydrogen-bond donors (Lipinski definition) is 2. The van der Waals surface area contributed by atoms with Gasteiger partial charge < -0.3 is 14.7 Å². The summed E-state index contributed by atoms with van der Waals surface area (Å²) in [7, 11) is 0. The van der Waals surface area contributed by atoms with E-state index in [1.165, 1.54) is 6.07 Å². The van der Waals surface area contributed by atoms with Crippen LogP contribution in [0.2, 0.25) is 5.02 Å². The molecule has 1 heterocycles. The molecular formula is C8H7ClFNO3. The summed E-state index contributed by atoms with van der Waals surface area (Å²) in [5.74, 6) is -0.00928. The van der Waals surface area contributed by atoms with Crippen LogP contribution in [0.25, 0.3) is 0 Å². The topological polar surface area (TPSA) is 50.7 Å². The number of hydrogen-bond acceptors (Lipinski definition) is 4. The van der Waals surface area contributed by atoms with Gasteiger partial charge in [-0.2, -0.15) is 0 Å². The lowest BCUT2D eigenvalue weighted by atomic mass is 10.2. The minimum absolute atomic E-state index is 0.0322. The maximum Gasteiger partial charge on any atom is 0.231 e. The predicted octanol–water partition coefficient (Wildman–Crippen LogP) is 1.69. The van der Waals surface area contributed by atoms with Gasteiger partial charge in [0.15, 0.2) is 11.5 Å². The lowest BCUT2D eigenvalue weighted by Gasteiger charge is -2.06. The van der Waals surface area contributed by atoms with Crippen LogP contribution in [0.5, 0.6) is 11.5 Å². The van der Waals surface area contributed by atoms with Crippen molar-refractivity contribution >= 4 is 11.6 Å². The lowest BCUT2D eigenvalue weighted by Crippen LogP contribution is -2.08. The van der Waals surface area contributed by atoms with E-state index in [1.54, 1.807) is 0 Å². The van der Waals surface area contributed by atoms with E-state index in [0.717, 1.165) is 0 Å². The first kappa shape index (κ1) is 9.51. The van der Waals surface area contributed by atoms with Gasteiger partial charge >= 0.3 is 0 Å². The third-order valence-electron chi connectivity index (χ3n) is 1.89. The summed E-state index contributed by atoms with van der Waals surface area (Å²) in [6.07, 6.45) is 0. The van der Waals surface area contributed by atoms with Crippen LogP contribution in [0.1, 0.15) is 5.56 Å². The molecule has 1 aromatic rings. The van der Waals surface area contributed by atoms with Crippen molar-refractivity contribution in [3.05, 3.63) is 22.5 Å². The molecule has 2 rings (SSSR count). The van der Waals surface area contributed by atoms with Crippen LogP contribution in [0, 0.1) is 5.82 Å². The molecule has 0 bridgehead atoms. The Hall–Kier alpha value is -1.04. The quantitative estimate of drug-likeness (QED) is 0.744. The highest BCUT2D eigenvalue weighted by Gasteiger charge is 2.23. The number of hydroxylamine groups is 1. The van der Waals surface area contributed by atoms with Crippen LogP contribution in [0.4, 0.5) is 4.39 Å². The summed E-state index contributed by atoms with van der Waals surface area (Å²) in [4.78, 5) is 0. The number of nitrogens with one attached hydrogen (secondary N) is 1. The Morgan fingerprint density at radius 3 is 3.07 bits per heavy atom. The lowest BCUT2D eigenvalue weighted by molar-refractivity contribution is 0.160. The normalized spacial score (nSPS) is 13.4. The average Bonchev–Trinajstić information content (AvgIpc) is 2.62. The standard InChI is InChI=1S/C8H7ClFNO3/c9-6-7(10)4(2-11-12)1-5-8(6)14-3-13-5/h1,11-12H,2-3H2. The molecule has 2 N–H and O–H groups in total. The first-order valence-corrected chi connectivity index (χ1v) is 4.25. The Labute approximate surface area is 84.1 Å². The van der Waals surface area contributed by atoms with E-state index in [9.17, 15) is 4.39 Å². The van der Waals surface area contributed by atoms with Crippen LogP contribution >= 0.6 is 11.6 Å². The van der Waals surface area contributed by atoms with E-state index in [-0.39, 0.29) is 29.7 Å². The maximum absolute atomic E-state index is 13.4.